The Morgan fingerprint density at radius 1 is 1.13 bits per heavy atom. The van der Waals surface area contributed by atoms with Crippen LogP contribution >= 0.6 is 0 Å². The Hall–Kier alpha value is -2.67. The molecular weight excluding hydrogens is 296 g/mol. The van der Waals surface area contributed by atoms with Crippen LogP contribution in [0.2, 0.25) is 0 Å². The molecule has 120 valence electrons. The minimum atomic E-state index is -0.227. The highest BCUT2D eigenvalue weighted by Gasteiger charge is 2.17. The Balaban J connectivity index is 1.57. The molecule has 1 aromatic carbocycles. The first-order valence-corrected chi connectivity index (χ1v) is 7.48. The third kappa shape index (κ3) is 3.95. The topological polar surface area (TPSA) is 76.5 Å². The van der Waals surface area contributed by atoms with Crippen molar-refractivity contribution in [1.29, 1.82) is 0 Å². The number of amides is 2. The molecular formula is C16H18N4O3. The van der Waals surface area contributed by atoms with Crippen LogP contribution in [0.4, 0.5) is 5.82 Å². The van der Waals surface area contributed by atoms with E-state index in [1.54, 1.807) is 41.4 Å². The number of rotatable bonds is 4. The predicted molar refractivity (Wildman–Crippen MR) is 84.0 cm³/mol. The van der Waals surface area contributed by atoms with Gasteiger partial charge in [0, 0.05) is 30.9 Å². The summed E-state index contributed by atoms with van der Waals surface area (Å²) in [5.41, 5.74) is 0.562. The van der Waals surface area contributed by atoms with Crippen LogP contribution < -0.4 is 5.32 Å². The Morgan fingerprint density at radius 2 is 1.87 bits per heavy atom. The van der Waals surface area contributed by atoms with Gasteiger partial charge in [-0.25, -0.2) is 0 Å². The van der Waals surface area contributed by atoms with Crippen molar-refractivity contribution in [2.75, 3.05) is 31.6 Å². The lowest BCUT2D eigenvalue weighted by atomic mass is 10.2. The van der Waals surface area contributed by atoms with Gasteiger partial charge < -0.3 is 15.0 Å². The van der Waals surface area contributed by atoms with Gasteiger partial charge in [-0.1, -0.05) is 18.2 Å². The number of nitrogens with one attached hydrogen (secondary N) is 1. The maximum Gasteiger partial charge on any atom is 0.256 e. The Morgan fingerprint density at radius 3 is 2.61 bits per heavy atom. The van der Waals surface area contributed by atoms with Crippen molar-refractivity contribution >= 4 is 17.6 Å². The number of aromatic nitrogens is 2. The van der Waals surface area contributed by atoms with Gasteiger partial charge in [-0.15, -0.1) is 0 Å². The molecule has 1 aromatic heterocycles. The number of hydrogen-bond acceptors (Lipinski definition) is 4. The normalized spacial score (nSPS) is 14.5. The van der Waals surface area contributed by atoms with Crippen molar-refractivity contribution in [1.82, 2.24) is 14.7 Å². The summed E-state index contributed by atoms with van der Waals surface area (Å²) in [7, 11) is 0. The van der Waals surface area contributed by atoms with Crippen molar-refractivity contribution in [3.8, 4) is 0 Å². The Kier molecular flexibility index (Phi) is 4.68. The van der Waals surface area contributed by atoms with Gasteiger partial charge in [-0.3, -0.25) is 14.3 Å². The Labute approximate surface area is 133 Å². The van der Waals surface area contributed by atoms with Crippen LogP contribution in [0.25, 0.3) is 0 Å². The number of nitrogens with zero attached hydrogens (tertiary/aromatic N) is 3. The standard InChI is InChI=1S/C16H18N4O3/c21-15(19-8-10-23-11-9-19)12-20-7-6-14(18-20)17-16(22)13-4-2-1-3-5-13/h1-7H,8-12H2,(H,17,18,22). The monoisotopic (exact) mass is 314 g/mol. The lowest BCUT2D eigenvalue weighted by molar-refractivity contribution is -0.136. The molecule has 0 saturated carbocycles. The van der Waals surface area contributed by atoms with E-state index in [1.165, 1.54) is 4.68 Å². The van der Waals surface area contributed by atoms with E-state index < -0.39 is 0 Å². The van der Waals surface area contributed by atoms with Gasteiger partial charge in [-0.2, -0.15) is 5.10 Å². The maximum absolute atomic E-state index is 12.1. The summed E-state index contributed by atoms with van der Waals surface area (Å²) in [6.07, 6.45) is 1.68. The van der Waals surface area contributed by atoms with Crippen molar-refractivity contribution in [3.05, 3.63) is 48.2 Å². The number of carbonyl (C=O) groups excluding carboxylic acids is 2. The highest BCUT2D eigenvalue weighted by Crippen LogP contribution is 2.07. The first kappa shape index (κ1) is 15.2. The van der Waals surface area contributed by atoms with Gasteiger partial charge >= 0.3 is 0 Å². The summed E-state index contributed by atoms with van der Waals surface area (Å²) in [5.74, 6) is 0.196. The van der Waals surface area contributed by atoms with Crippen LogP contribution in [0.5, 0.6) is 0 Å². The van der Waals surface area contributed by atoms with Crippen molar-refractivity contribution < 1.29 is 14.3 Å². The first-order chi connectivity index (χ1) is 11.2. The molecule has 0 unspecified atom stereocenters. The molecule has 0 radical (unpaired) electrons. The number of hydrogen-bond donors (Lipinski definition) is 1. The number of carbonyl (C=O) groups is 2. The minimum Gasteiger partial charge on any atom is -0.378 e. The van der Waals surface area contributed by atoms with Crippen LogP contribution in [0.1, 0.15) is 10.4 Å². The van der Waals surface area contributed by atoms with E-state index in [0.717, 1.165) is 0 Å². The molecule has 0 spiro atoms. The lowest BCUT2D eigenvalue weighted by Gasteiger charge is -2.26. The first-order valence-electron chi connectivity index (χ1n) is 7.48. The van der Waals surface area contributed by atoms with E-state index in [4.69, 9.17) is 4.74 Å². The molecule has 0 atom stereocenters. The fourth-order valence-corrected chi connectivity index (χ4v) is 2.35. The van der Waals surface area contributed by atoms with Crippen molar-refractivity contribution in [3.63, 3.8) is 0 Å². The summed E-state index contributed by atoms with van der Waals surface area (Å²) in [5, 5.41) is 6.93. The largest absolute Gasteiger partial charge is 0.378 e. The molecule has 23 heavy (non-hydrogen) atoms. The molecule has 2 amide bonds. The van der Waals surface area contributed by atoms with Crippen LogP contribution in [0, 0.1) is 0 Å². The second-order valence-electron chi connectivity index (χ2n) is 5.21. The molecule has 0 bridgehead atoms. The molecule has 3 rings (SSSR count). The van der Waals surface area contributed by atoms with E-state index >= 15 is 0 Å². The van der Waals surface area contributed by atoms with Crippen molar-refractivity contribution in [2.24, 2.45) is 0 Å². The van der Waals surface area contributed by atoms with Crippen molar-refractivity contribution in [2.45, 2.75) is 6.54 Å². The van der Waals surface area contributed by atoms with Gasteiger partial charge in [0.15, 0.2) is 5.82 Å². The summed E-state index contributed by atoms with van der Waals surface area (Å²) in [6, 6.07) is 10.6. The van der Waals surface area contributed by atoms with E-state index in [-0.39, 0.29) is 18.4 Å². The van der Waals surface area contributed by atoms with E-state index in [9.17, 15) is 9.59 Å². The average molecular weight is 314 g/mol. The highest BCUT2D eigenvalue weighted by atomic mass is 16.5. The quantitative estimate of drug-likeness (QED) is 0.913. The molecule has 1 aliphatic heterocycles. The smallest absolute Gasteiger partial charge is 0.256 e. The third-order valence-electron chi connectivity index (χ3n) is 3.58. The second kappa shape index (κ2) is 7.06. The minimum absolute atomic E-state index is 0.00247. The predicted octanol–water partition coefficient (Wildman–Crippen LogP) is 0.994. The number of anilines is 1. The zero-order valence-corrected chi connectivity index (χ0v) is 12.6. The van der Waals surface area contributed by atoms with Crippen LogP contribution in [-0.2, 0) is 16.1 Å². The van der Waals surface area contributed by atoms with Crippen LogP contribution in [0.15, 0.2) is 42.6 Å². The molecule has 7 heteroatoms. The molecule has 2 aromatic rings. The lowest BCUT2D eigenvalue weighted by Crippen LogP contribution is -2.42. The maximum atomic E-state index is 12.1. The molecule has 1 fully saturated rings. The summed E-state index contributed by atoms with van der Waals surface area (Å²) in [6.45, 7) is 2.52. The molecule has 1 aliphatic rings. The number of morpholine rings is 1. The van der Waals surface area contributed by atoms with E-state index in [0.29, 0.717) is 37.7 Å². The summed E-state index contributed by atoms with van der Waals surface area (Å²) in [4.78, 5) is 25.9. The van der Waals surface area contributed by atoms with E-state index in [2.05, 4.69) is 10.4 Å². The fraction of sp³-hybridized carbons (Fsp3) is 0.312. The number of ether oxygens (including phenoxy) is 1. The molecule has 2 heterocycles. The van der Waals surface area contributed by atoms with Gasteiger partial charge in [0.2, 0.25) is 5.91 Å². The van der Waals surface area contributed by atoms with Gasteiger partial charge in [-0.05, 0) is 12.1 Å². The van der Waals surface area contributed by atoms with Gasteiger partial charge in [0.25, 0.3) is 5.91 Å². The zero-order valence-electron chi connectivity index (χ0n) is 12.6. The fourth-order valence-electron chi connectivity index (χ4n) is 2.35. The van der Waals surface area contributed by atoms with Gasteiger partial charge in [0.05, 0.1) is 13.2 Å². The Bertz CT molecular complexity index is 678. The summed E-state index contributed by atoms with van der Waals surface area (Å²) < 4.78 is 6.75. The zero-order chi connectivity index (χ0) is 16.1. The molecule has 7 nitrogen and oxygen atoms in total. The molecule has 1 N–H and O–H groups in total. The van der Waals surface area contributed by atoms with Crippen LogP contribution in [-0.4, -0.2) is 52.8 Å². The molecule has 0 aliphatic carbocycles. The average Bonchev–Trinajstić information content (AvgIpc) is 3.03. The molecule has 1 saturated heterocycles. The van der Waals surface area contributed by atoms with Crippen LogP contribution in [0.3, 0.4) is 0 Å². The SMILES string of the molecule is O=C(Nc1ccn(CC(=O)N2CCOCC2)n1)c1ccccc1. The number of benzene rings is 1. The third-order valence-corrected chi connectivity index (χ3v) is 3.58. The van der Waals surface area contributed by atoms with E-state index in [1.807, 2.05) is 6.07 Å². The second-order valence-corrected chi connectivity index (χ2v) is 5.21. The highest BCUT2D eigenvalue weighted by molar-refractivity contribution is 6.03. The summed E-state index contributed by atoms with van der Waals surface area (Å²) >= 11 is 0. The van der Waals surface area contributed by atoms with Gasteiger partial charge in [0.1, 0.15) is 6.54 Å².